The SMILES string of the molecule is CCOC(=O)C(C)(C)Oc1ccc2c(c1)CCN(C(C)C(F)(F)F)CC2. The molecular weight excluding hydrogens is 347 g/mol. The number of ether oxygens (including phenoxy) is 2. The summed E-state index contributed by atoms with van der Waals surface area (Å²) in [5, 5.41) is 0. The van der Waals surface area contributed by atoms with Crippen molar-refractivity contribution in [3.8, 4) is 5.75 Å². The van der Waals surface area contributed by atoms with Crippen LogP contribution in [0.5, 0.6) is 5.75 Å². The monoisotopic (exact) mass is 373 g/mol. The third-order valence-corrected chi connectivity index (χ3v) is 4.68. The van der Waals surface area contributed by atoms with Crippen LogP contribution in [0.15, 0.2) is 18.2 Å². The molecule has 0 saturated carbocycles. The Hall–Kier alpha value is -1.76. The maximum atomic E-state index is 13.0. The Bertz CT molecular complexity index is 643. The smallest absolute Gasteiger partial charge is 0.403 e. The van der Waals surface area contributed by atoms with Crippen LogP contribution >= 0.6 is 0 Å². The van der Waals surface area contributed by atoms with Gasteiger partial charge in [-0.3, -0.25) is 4.90 Å². The predicted molar refractivity (Wildman–Crippen MR) is 92.3 cm³/mol. The van der Waals surface area contributed by atoms with Gasteiger partial charge in [-0.1, -0.05) is 6.07 Å². The first kappa shape index (κ1) is 20.6. The summed E-state index contributed by atoms with van der Waals surface area (Å²) in [4.78, 5) is 13.4. The molecule has 146 valence electrons. The molecule has 1 aliphatic heterocycles. The van der Waals surface area contributed by atoms with Crippen molar-refractivity contribution >= 4 is 5.97 Å². The average molecular weight is 373 g/mol. The first-order valence-electron chi connectivity index (χ1n) is 8.83. The Balaban J connectivity index is 2.11. The van der Waals surface area contributed by atoms with Crippen molar-refractivity contribution in [2.24, 2.45) is 0 Å². The summed E-state index contributed by atoms with van der Waals surface area (Å²) in [6.45, 7) is 7.15. The molecule has 7 heteroatoms. The normalized spacial score (nSPS) is 17.2. The second-order valence-corrected chi connectivity index (χ2v) is 7.02. The van der Waals surface area contributed by atoms with Crippen LogP contribution in [0, 0.1) is 0 Å². The molecule has 2 rings (SSSR count). The summed E-state index contributed by atoms with van der Waals surface area (Å²) in [6.07, 6.45) is -3.17. The lowest BCUT2D eigenvalue weighted by molar-refractivity contribution is -0.178. The van der Waals surface area contributed by atoms with Gasteiger partial charge in [0.15, 0.2) is 5.60 Å². The Morgan fingerprint density at radius 3 is 2.38 bits per heavy atom. The third-order valence-electron chi connectivity index (χ3n) is 4.68. The van der Waals surface area contributed by atoms with Gasteiger partial charge in [0.05, 0.1) is 6.61 Å². The van der Waals surface area contributed by atoms with Crippen molar-refractivity contribution in [3.05, 3.63) is 29.3 Å². The molecule has 1 aromatic carbocycles. The van der Waals surface area contributed by atoms with Crippen LogP contribution in [-0.2, 0) is 22.4 Å². The van der Waals surface area contributed by atoms with E-state index in [9.17, 15) is 18.0 Å². The number of benzene rings is 1. The first-order valence-corrected chi connectivity index (χ1v) is 8.83. The van der Waals surface area contributed by atoms with Gasteiger partial charge in [0.2, 0.25) is 0 Å². The van der Waals surface area contributed by atoms with Crippen molar-refractivity contribution in [3.63, 3.8) is 0 Å². The van der Waals surface area contributed by atoms with E-state index < -0.39 is 23.8 Å². The second kappa shape index (κ2) is 7.86. The molecule has 0 amide bonds. The fourth-order valence-corrected chi connectivity index (χ4v) is 3.02. The lowest BCUT2D eigenvalue weighted by Gasteiger charge is -2.29. The van der Waals surface area contributed by atoms with Crippen molar-refractivity contribution in [2.75, 3.05) is 19.7 Å². The topological polar surface area (TPSA) is 38.8 Å². The number of carbonyl (C=O) groups is 1. The molecule has 0 fully saturated rings. The van der Waals surface area contributed by atoms with Crippen LogP contribution in [0.1, 0.15) is 38.8 Å². The molecule has 0 aromatic heterocycles. The minimum Gasteiger partial charge on any atom is -0.476 e. The van der Waals surface area contributed by atoms with Crippen LogP contribution < -0.4 is 4.74 Å². The lowest BCUT2D eigenvalue weighted by Crippen LogP contribution is -2.44. The van der Waals surface area contributed by atoms with Crippen LogP contribution in [0.3, 0.4) is 0 Å². The predicted octanol–water partition coefficient (Wildman–Crippen LogP) is 3.76. The largest absolute Gasteiger partial charge is 0.476 e. The van der Waals surface area contributed by atoms with E-state index in [2.05, 4.69) is 0 Å². The van der Waals surface area contributed by atoms with E-state index in [0.29, 0.717) is 31.7 Å². The zero-order chi connectivity index (χ0) is 19.5. The van der Waals surface area contributed by atoms with Crippen molar-refractivity contribution in [1.82, 2.24) is 4.90 Å². The molecule has 26 heavy (non-hydrogen) atoms. The van der Waals surface area contributed by atoms with Crippen LogP contribution in [0.25, 0.3) is 0 Å². The number of fused-ring (bicyclic) bond motifs is 1. The summed E-state index contributed by atoms with van der Waals surface area (Å²) in [5.41, 5.74) is 0.841. The molecule has 0 N–H and O–H groups in total. The molecule has 1 atom stereocenters. The molecule has 1 aliphatic rings. The summed E-state index contributed by atoms with van der Waals surface area (Å²) >= 11 is 0. The zero-order valence-corrected chi connectivity index (χ0v) is 15.7. The molecule has 0 radical (unpaired) electrons. The number of carbonyl (C=O) groups excluding carboxylic acids is 1. The zero-order valence-electron chi connectivity index (χ0n) is 15.7. The van der Waals surface area contributed by atoms with Gasteiger partial charge in [-0.2, -0.15) is 13.2 Å². The van der Waals surface area contributed by atoms with E-state index in [1.165, 1.54) is 11.8 Å². The maximum Gasteiger partial charge on any atom is 0.403 e. The quantitative estimate of drug-likeness (QED) is 0.737. The Labute approximate surface area is 152 Å². The van der Waals surface area contributed by atoms with Gasteiger partial charge < -0.3 is 9.47 Å². The number of rotatable bonds is 5. The van der Waals surface area contributed by atoms with Gasteiger partial charge in [0.1, 0.15) is 11.8 Å². The van der Waals surface area contributed by atoms with E-state index in [1.54, 1.807) is 26.8 Å². The average Bonchev–Trinajstić information content (AvgIpc) is 2.75. The van der Waals surface area contributed by atoms with Gasteiger partial charge in [-0.15, -0.1) is 0 Å². The van der Waals surface area contributed by atoms with Crippen LogP contribution in [0.2, 0.25) is 0 Å². The molecule has 0 saturated heterocycles. The fourth-order valence-electron chi connectivity index (χ4n) is 3.02. The fraction of sp³-hybridized carbons (Fsp3) is 0.632. The molecule has 1 aromatic rings. The molecule has 4 nitrogen and oxygen atoms in total. The highest BCUT2D eigenvalue weighted by Gasteiger charge is 2.40. The van der Waals surface area contributed by atoms with Gasteiger partial charge >= 0.3 is 12.1 Å². The molecular formula is C19H26F3NO3. The molecule has 0 aliphatic carbocycles. The van der Waals surface area contributed by atoms with Gasteiger partial charge in [0.25, 0.3) is 0 Å². The number of hydrogen-bond acceptors (Lipinski definition) is 4. The number of alkyl halides is 3. The van der Waals surface area contributed by atoms with Gasteiger partial charge in [0, 0.05) is 13.1 Å². The van der Waals surface area contributed by atoms with Crippen molar-refractivity contribution in [2.45, 2.75) is 58.4 Å². The minimum absolute atomic E-state index is 0.267. The number of halogens is 3. The maximum absolute atomic E-state index is 13.0. The minimum atomic E-state index is -4.23. The highest BCUT2D eigenvalue weighted by Crippen LogP contribution is 2.29. The number of esters is 1. The first-order chi connectivity index (χ1) is 12.0. The molecule has 1 heterocycles. The van der Waals surface area contributed by atoms with E-state index in [1.807, 2.05) is 12.1 Å². The van der Waals surface area contributed by atoms with Gasteiger partial charge in [-0.25, -0.2) is 4.79 Å². The molecule has 0 spiro atoms. The molecule has 1 unspecified atom stereocenters. The number of nitrogens with zero attached hydrogens (tertiary/aromatic N) is 1. The highest BCUT2D eigenvalue weighted by atomic mass is 19.4. The van der Waals surface area contributed by atoms with Crippen molar-refractivity contribution < 1.29 is 27.4 Å². The summed E-state index contributed by atoms with van der Waals surface area (Å²) in [6, 6.07) is 3.98. The molecule has 0 bridgehead atoms. The summed E-state index contributed by atoms with van der Waals surface area (Å²) in [7, 11) is 0. The van der Waals surface area contributed by atoms with Crippen LogP contribution in [-0.4, -0.2) is 48.4 Å². The summed E-state index contributed by atoms with van der Waals surface area (Å²) in [5.74, 6) is 0.0549. The second-order valence-electron chi connectivity index (χ2n) is 7.02. The van der Waals surface area contributed by atoms with Crippen LogP contribution in [0.4, 0.5) is 13.2 Å². The Kier molecular flexibility index (Phi) is 6.21. The third kappa shape index (κ3) is 4.90. The van der Waals surface area contributed by atoms with E-state index in [0.717, 1.165) is 11.1 Å². The van der Waals surface area contributed by atoms with E-state index >= 15 is 0 Å². The van der Waals surface area contributed by atoms with Crippen molar-refractivity contribution in [1.29, 1.82) is 0 Å². The van der Waals surface area contributed by atoms with E-state index in [4.69, 9.17) is 9.47 Å². The Morgan fingerprint density at radius 2 is 1.81 bits per heavy atom. The van der Waals surface area contributed by atoms with E-state index in [-0.39, 0.29) is 6.61 Å². The summed E-state index contributed by atoms with van der Waals surface area (Å²) < 4.78 is 49.7. The standard InChI is InChI=1S/C19H26F3NO3/c1-5-25-17(24)18(3,4)26-16-7-6-14-8-10-23(11-9-15(14)12-16)13(2)19(20,21)22/h6-7,12-13H,5,8-11H2,1-4H3. The Morgan fingerprint density at radius 1 is 1.19 bits per heavy atom. The number of hydrogen-bond donors (Lipinski definition) is 0. The highest BCUT2D eigenvalue weighted by molar-refractivity contribution is 5.79. The van der Waals surface area contributed by atoms with Gasteiger partial charge in [-0.05, 0) is 63.8 Å². The lowest BCUT2D eigenvalue weighted by atomic mass is 10.0.